The van der Waals surface area contributed by atoms with Gasteiger partial charge in [-0.2, -0.15) is 0 Å². The van der Waals surface area contributed by atoms with Crippen molar-refractivity contribution in [3.63, 3.8) is 0 Å². The monoisotopic (exact) mass is 282 g/mol. The van der Waals surface area contributed by atoms with Crippen molar-refractivity contribution in [3.8, 4) is 0 Å². The van der Waals surface area contributed by atoms with E-state index in [9.17, 15) is 9.59 Å². The number of hydrogen-bond acceptors (Lipinski definition) is 2. The van der Waals surface area contributed by atoms with Crippen LogP contribution in [0.3, 0.4) is 0 Å². The molecular weight excluding hydrogens is 268 g/mol. The highest BCUT2D eigenvalue weighted by molar-refractivity contribution is 6.30. The molecule has 0 bridgehead atoms. The summed E-state index contributed by atoms with van der Waals surface area (Å²) in [5.74, 6) is -1.00. The second-order valence-corrected chi connectivity index (χ2v) is 5.08. The minimum Gasteiger partial charge on any atom is -0.480 e. The van der Waals surface area contributed by atoms with Crippen LogP contribution < -0.4 is 5.32 Å². The maximum atomic E-state index is 12.1. The highest BCUT2D eigenvalue weighted by Gasteiger charge is 2.34. The quantitative estimate of drug-likeness (QED) is 0.892. The van der Waals surface area contributed by atoms with Crippen molar-refractivity contribution >= 4 is 29.3 Å². The SMILES string of the molecule is Cc1cc(Cl)ccc1NC(=O)N(CC(=O)O)C1CC1. The largest absolute Gasteiger partial charge is 0.480 e. The van der Waals surface area contributed by atoms with E-state index >= 15 is 0 Å². The fraction of sp³-hybridized carbons (Fsp3) is 0.385. The van der Waals surface area contributed by atoms with Crippen LogP contribution in [0.15, 0.2) is 18.2 Å². The van der Waals surface area contributed by atoms with Crippen LogP contribution in [0.4, 0.5) is 10.5 Å². The predicted octanol–water partition coefficient (Wildman–Crippen LogP) is 2.73. The average Bonchev–Trinajstić information content (AvgIpc) is 3.13. The average molecular weight is 283 g/mol. The molecule has 1 aliphatic rings. The molecule has 1 aromatic carbocycles. The third kappa shape index (κ3) is 3.61. The minimum absolute atomic E-state index is 0.0451. The zero-order valence-electron chi connectivity index (χ0n) is 10.5. The van der Waals surface area contributed by atoms with Crippen molar-refractivity contribution in [2.45, 2.75) is 25.8 Å². The number of aryl methyl sites for hydroxylation is 1. The zero-order valence-corrected chi connectivity index (χ0v) is 11.3. The standard InChI is InChI=1S/C13H15ClN2O3/c1-8-6-9(14)2-5-11(8)15-13(19)16(7-12(17)18)10-3-4-10/h2,5-6,10H,3-4,7H2,1H3,(H,15,19)(H,17,18). The molecule has 1 saturated carbocycles. The number of urea groups is 1. The molecule has 0 aliphatic heterocycles. The van der Waals surface area contributed by atoms with Gasteiger partial charge in [0.1, 0.15) is 6.54 Å². The molecule has 0 radical (unpaired) electrons. The van der Waals surface area contributed by atoms with Gasteiger partial charge in [0.05, 0.1) is 0 Å². The van der Waals surface area contributed by atoms with Crippen LogP contribution in [-0.2, 0) is 4.79 Å². The number of hydrogen-bond donors (Lipinski definition) is 2. The van der Waals surface area contributed by atoms with Gasteiger partial charge in [-0.25, -0.2) is 4.79 Å². The number of halogens is 1. The van der Waals surface area contributed by atoms with Gasteiger partial charge in [0.2, 0.25) is 0 Å². The van der Waals surface area contributed by atoms with Crippen molar-refractivity contribution < 1.29 is 14.7 Å². The first kappa shape index (κ1) is 13.7. The summed E-state index contributed by atoms with van der Waals surface area (Å²) in [6.07, 6.45) is 1.72. The van der Waals surface area contributed by atoms with Gasteiger partial charge in [-0.3, -0.25) is 4.79 Å². The van der Waals surface area contributed by atoms with E-state index in [1.54, 1.807) is 18.2 Å². The maximum absolute atomic E-state index is 12.1. The van der Waals surface area contributed by atoms with Crippen LogP contribution in [-0.4, -0.2) is 34.6 Å². The van der Waals surface area contributed by atoms with Crippen LogP contribution in [0, 0.1) is 6.92 Å². The van der Waals surface area contributed by atoms with Crippen molar-refractivity contribution in [2.24, 2.45) is 0 Å². The topological polar surface area (TPSA) is 69.6 Å². The molecular formula is C13H15ClN2O3. The van der Waals surface area contributed by atoms with Crippen LogP contribution in [0.5, 0.6) is 0 Å². The summed E-state index contributed by atoms with van der Waals surface area (Å²) in [6.45, 7) is 1.56. The number of amides is 2. The molecule has 19 heavy (non-hydrogen) atoms. The Morgan fingerprint density at radius 2 is 2.16 bits per heavy atom. The molecule has 0 unspecified atom stereocenters. The van der Waals surface area contributed by atoms with Crippen LogP contribution in [0.1, 0.15) is 18.4 Å². The van der Waals surface area contributed by atoms with E-state index in [1.807, 2.05) is 6.92 Å². The fourth-order valence-electron chi connectivity index (χ4n) is 1.85. The van der Waals surface area contributed by atoms with E-state index in [4.69, 9.17) is 16.7 Å². The molecule has 2 rings (SSSR count). The number of benzene rings is 1. The maximum Gasteiger partial charge on any atom is 0.323 e. The fourth-order valence-corrected chi connectivity index (χ4v) is 2.08. The van der Waals surface area contributed by atoms with E-state index in [1.165, 1.54) is 4.90 Å². The second-order valence-electron chi connectivity index (χ2n) is 4.64. The first-order chi connectivity index (χ1) is 8.97. The second kappa shape index (κ2) is 5.48. The van der Waals surface area contributed by atoms with Gasteiger partial charge in [-0.15, -0.1) is 0 Å². The molecule has 0 atom stereocenters. The Morgan fingerprint density at radius 1 is 1.47 bits per heavy atom. The summed E-state index contributed by atoms with van der Waals surface area (Å²) in [6, 6.07) is 4.80. The van der Waals surface area contributed by atoms with E-state index < -0.39 is 5.97 Å². The lowest BCUT2D eigenvalue weighted by molar-refractivity contribution is -0.137. The van der Waals surface area contributed by atoms with Crippen molar-refractivity contribution in [2.75, 3.05) is 11.9 Å². The molecule has 0 aromatic heterocycles. The Morgan fingerprint density at radius 3 is 2.68 bits per heavy atom. The van der Waals surface area contributed by atoms with Gasteiger partial charge >= 0.3 is 12.0 Å². The summed E-state index contributed by atoms with van der Waals surface area (Å²) in [5.41, 5.74) is 1.48. The zero-order chi connectivity index (χ0) is 14.0. The first-order valence-electron chi connectivity index (χ1n) is 6.03. The highest BCUT2D eigenvalue weighted by Crippen LogP contribution is 2.28. The Labute approximate surface area is 116 Å². The number of aliphatic carboxylic acids is 1. The normalized spacial score (nSPS) is 14.0. The summed E-state index contributed by atoms with van der Waals surface area (Å²) >= 11 is 5.84. The van der Waals surface area contributed by atoms with Crippen LogP contribution >= 0.6 is 11.6 Å². The van der Waals surface area contributed by atoms with E-state index in [0.717, 1.165) is 18.4 Å². The third-order valence-corrected chi connectivity index (χ3v) is 3.22. The predicted molar refractivity (Wildman–Crippen MR) is 72.6 cm³/mol. The number of rotatable bonds is 4. The third-order valence-electron chi connectivity index (χ3n) is 2.98. The van der Waals surface area contributed by atoms with E-state index in [0.29, 0.717) is 10.7 Å². The number of carbonyl (C=O) groups is 2. The lowest BCUT2D eigenvalue weighted by atomic mass is 10.2. The Hall–Kier alpha value is -1.75. The molecule has 0 spiro atoms. The molecule has 1 aliphatic carbocycles. The Kier molecular flexibility index (Phi) is 3.95. The molecule has 0 heterocycles. The Balaban J connectivity index is 2.07. The van der Waals surface area contributed by atoms with Gasteiger partial charge in [0.15, 0.2) is 0 Å². The summed E-state index contributed by atoms with van der Waals surface area (Å²) in [4.78, 5) is 24.2. The molecule has 102 valence electrons. The van der Waals surface area contributed by atoms with Gasteiger partial charge in [0, 0.05) is 16.8 Å². The minimum atomic E-state index is -1.00. The van der Waals surface area contributed by atoms with Crippen LogP contribution in [0.2, 0.25) is 5.02 Å². The van der Waals surface area contributed by atoms with Crippen molar-refractivity contribution in [3.05, 3.63) is 28.8 Å². The number of anilines is 1. The van der Waals surface area contributed by atoms with Gasteiger partial charge < -0.3 is 15.3 Å². The molecule has 5 nitrogen and oxygen atoms in total. The van der Waals surface area contributed by atoms with Gasteiger partial charge in [0.25, 0.3) is 0 Å². The number of nitrogens with one attached hydrogen (secondary N) is 1. The van der Waals surface area contributed by atoms with Crippen molar-refractivity contribution in [1.29, 1.82) is 0 Å². The van der Waals surface area contributed by atoms with Crippen molar-refractivity contribution in [1.82, 2.24) is 4.90 Å². The van der Waals surface area contributed by atoms with Gasteiger partial charge in [-0.1, -0.05) is 11.6 Å². The molecule has 2 amide bonds. The molecule has 1 fully saturated rings. The number of nitrogens with zero attached hydrogens (tertiary/aromatic N) is 1. The lowest BCUT2D eigenvalue weighted by Gasteiger charge is -2.21. The molecule has 0 saturated heterocycles. The summed E-state index contributed by atoms with van der Waals surface area (Å²) in [5, 5.41) is 12.2. The number of carboxylic acids is 1. The van der Waals surface area contributed by atoms with E-state index in [-0.39, 0.29) is 18.6 Å². The first-order valence-corrected chi connectivity index (χ1v) is 6.40. The number of carbonyl (C=O) groups excluding carboxylic acids is 1. The Bertz CT molecular complexity index is 515. The van der Waals surface area contributed by atoms with E-state index in [2.05, 4.69) is 5.32 Å². The van der Waals surface area contributed by atoms with Gasteiger partial charge in [-0.05, 0) is 43.5 Å². The number of carboxylic acid groups (broad SMARTS) is 1. The highest BCUT2D eigenvalue weighted by atomic mass is 35.5. The summed E-state index contributed by atoms with van der Waals surface area (Å²) < 4.78 is 0. The molecule has 2 N–H and O–H groups in total. The smallest absolute Gasteiger partial charge is 0.323 e. The molecule has 1 aromatic rings. The summed E-state index contributed by atoms with van der Waals surface area (Å²) in [7, 11) is 0. The molecule has 6 heteroatoms. The lowest BCUT2D eigenvalue weighted by Crippen LogP contribution is -2.40. The van der Waals surface area contributed by atoms with Crippen LogP contribution in [0.25, 0.3) is 0 Å².